The first-order valence-corrected chi connectivity index (χ1v) is 8.01. The summed E-state index contributed by atoms with van der Waals surface area (Å²) in [4.78, 5) is 24.8. The van der Waals surface area contributed by atoms with Crippen LogP contribution in [0.1, 0.15) is 53.4 Å². The zero-order valence-electron chi connectivity index (χ0n) is 13.9. The number of carbonyl (C=O) groups is 2. The standard InChI is InChI=1S/C16H27NO5/c1-5-21-13(18)10-22-12-8-11-6-7-16(9-12,15(2,3)4)17(11)14(19)20/h11-12H,5-10H2,1-4H3,(H,19,20)/t11-,12?,16+/m0/s1. The fourth-order valence-corrected chi connectivity index (χ4v) is 4.09. The molecule has 0 radical (unpaired) electrons. The van der Waals surface area contributed by atoms with Gasteiger partial charge in [0.2, 0.25) is 0 Å². The van der Waals surface area contributed by atoms with Gasteiger partial charge < -0.3 is 14.6 Å². The molecule has 2 rings (SSSR count). The van der Waals surface area contributed by atoms with Crippen LogP contribution in [0.4, 0.5) is 4.79 Å². The third-order valence-electron chi connectivity index (χ3n) is 5.16. The summed E-state index contributed by atoms with van der Waals surface area (Å²) in [7, 11) is 0. The van der Waals surface area contributed by atoms with Gasteiger partial charge in [0.25, 0.3) is 0 Å². The van der Waals surface area contributed by atoms with Crippen LogP contribution < -0.4 is 0 Å². The van der Waals surface area contributed by atoms with Crippen LogP contribution in [0.25, 0.3) is 0 Å². The van der Waals surface area contributed by atoms with Gasteiger partial charge in [-0.2, -0.15) is 0 Å². The Bertz CT molecular complexity index is 444. The molecule has 6 nitrogen and oxygen atoms in total. The van der Waals surface area contributed by atoms with E-state index in [1.165, 1.54) is 0 Å². The second-order valence-corrected chi connectivity index (χ2v) is 7.30. The summed E-state index contributed by atoms with van der Waals surface area (Å²) in [5.74, 6) is -0.361. The molecule has 2 aliphatic rings. The third kappa shape index (κ3) is 2.93. The van der Waals surface area contributed by atoms with E-state index in [1.54, 1.807) is 11.8 Å². The van der Waals surface area contributed by atoms with Crippen molar-refractivity contribution in [2.75, 3.05) is 13.2 Å². The Kier molecular flexibility index (Phi) is 4.70. The highest BCUT2D eigenvalue weighted by molar-refractivity contribution is 5.70. The van der Waals surface area contributed by atoms with E-state index < -0.39 is 11.6 Å². The number of esters is 1. The number of carboxylic acid groups (broad SMARTS) is 1. The number of hydrogen-bond acceptors (Lipinski definition) is 4. The quantitative estimate of drug-likeness (QED) is 0.808. The lowest BCUT2D eigenvalue weighted by atomic mass is 9.68. The van der Waals surface area contributed by atoms with Crippen LogP contribution in [-0.4, -0.2) is 53.0 Å². The van der Waals surface area contributed by atoms with Gasteiger partial charge in [0.05, 0.1) is 18.2 Å². The molecule has 0 aromatic heterocycles. The van der Waals surface area contributed by atoms with Crippen molar-refractivity contribution in [1.29, 1.82) is 0 Å². The van der Waals surface area contributed by atoms with Crippen molar-refractivity contribution in [1.82, 2.24) is 4.90 Å². The number of nitrogens with zero attached hydrogens (tertiary/aromatic N) is 1. The van der Waals surface area contributed by atoms with Gasteiger partial charge in [-0.25, -0.2) is 9.59 Å². The van der Waals surface area contributed by atoms with E-state index in [1.807, 2.05) is 0 Å². The molecule has 126 valence electrons. The number of ether oxygens (including phenoxy) is 2. The molecule has 0 saturated carbocycles. The summed E-state index contributed by atoms with van der Waals surface area (Å²) in [6, 6.07) is -0.0160. The van der Waals surface area contributed by atoms with Gasteiger partial charge in [0.1, 0.15) is 6.61 Å². The normalized spacial score (nSPS) is 31.2. The third-order valence-corrected chi connectivity index (χ3v) is 5.16. The molecule has 2 heterocycles. The van der Waals surface area contributed by atoms with Crippen LogP contribution in [0.3, 0.4) is 0 Å². The maximum atomic E-state index is 11.7. The maximum absolute atomic E-state index is 11.7. The van der Waals surface area contributed by atoms with E-state index in [9.17, 15) is 14.7 Å². The molecule has 1 amide bonds. The van der Waals surface area contributed by atoms with Gasteiger partial charge >= 0.3 is 12.1 Å². The fourth-order valence-electron chi connectivity index (χ4n) is 4.09. The molecule has 0 aromatic rings. The zero-order valence-corrected chi connectivity index (χ0v) is 13.9. The number of carbonyl (C=O) groups excluding carboxylic acids is 1. The van der Waals surface area contributed by atoms with Crippen LogP contribution in [-0.2, 0) is 14.3 Å². The molecular weight excluding hydrogens is 286 g/mol. The van der Waals surface area contributed by atoms with Crippen molar-refractivity contribution in [3.8, 4) is 0 Å². The van der Waals surface area contributed by atoms with Gasteiger partial charge in [-0.3, -0.25) is 4.90 Å². The molecule has 2 fully saturated rings. The Morgan fingerprint density at radius 2 is 2.05 bits per heavy atom. The highest BCUT2D eigenvalue weighted by Gasteiger charge is 2.59. The Morgan fingerprint density at radius 1 is 1.36 bits per heavy atom. The Hall–Kier alpha value is -1.30. The first kappa shape index (κ1) is 17.1. The van der Waals surface area contributed by atoms with Crippen LogP contribution in [0.2, 0.25) is 0 Å². The van der Waals surface area contributed by atoms with Crippen LogP contribution in [0.5, 0.6) is 0 Å². The monoisotopic (exact) mass is 313 g/mol. The van der Waals surface area contributed by atoms with Gasteiger partial charge in [0.15, 0.2) is 0 Å². The minimum Gasteiger partial charge on any atom is -0.465 e. The fraction of sp³-hybridized carbons (Fsp3) is 0.875. The van der Waals surface area contributed by atoms with Crippen molar-refractivity contribution in [2.24, 2.45) is 5.41 Å². The van der Waals surface area contributed by atoms with Gasteiger partial charge in [-0.05, 0) is 38.0 Å². The maximum Gasteiger partial charge on any atom is 0.408 e. The topological polar surface area (TPSA) is 76.1 Å². The van der Waals surface area contributed by atoms with Crippen molar-refractivity contribution in [3.05, 3.63) is 0 Å². The SMILES string of the molecule is CCOC(=O)COC1C[C@@H]2CC[C@](C(C)(C)C)(C1)N2C(=O)O. The predicted octanol–water partition coefficient (Wildman–Crippen LogP) is 2.66. The number of hydrogen-bond donors (Lipinski definition) is 1. The highest BCUT2D eigenvalue weighted by atomic mass is 16.6. The Balaban J connectivity index is 2.12. The summed E-state index contributed by atoms with van der Waals surface area (Å²) in [6.45, 7) is 8.29. The number of rotatable bonds is 4. The summed E-state index contributed by atoms with van der Waals surface area (Å²) in [5, 5.41) is 9.63. The molecule has 22 heavy (non-hydrogen) atoms. The minimum absolute atomic E-state index is 0.0160. The van der Waals surface area contributed by atoms with Crippen molar-refractivity contribution in [2.45, 2.75) is 71.1 Å². The van der Waals surface area contributed by atoms with Crippen molar-refractivity contribution >= 4 is 12.1 Å². The van der Waals surface area contributed by atoms with E-state index in [0.717, 1.165) is 12.8 Å². The van der Waals surface area contributed by atoms with Crippen LogP contribution in [0, 0.1) is 5.41 Å². The van der Waals surface area contributed by atoms with Gasteiger partial charge in [-0.1, -0.05) is 20.8 Å². The molecule has 0 aromatic carbocycles. The van der Waals surface area contributed by atoms with E-state index in [2.05, 4.69) is 20.8 Å². The largest absolute Gasteiger partial charge is 0.465 e. The minimum atomic E-state index is -0.846. The molecular formula is C16H27NO5. The van der Waals surface area contributed by atoms with Gasteiger partial charge in [0, 0.05) is 6.04 Å². The van der Waals surface area contributed by atoms with E-state index in [4.69, 9.17) is 9.47 Å². The van der Waals surface area contributed by atoms with Crippen molar-refractivity contribution < 1.29 is 24.2 Å². The molecule has 1 unspecified atom stereocenters. The van der Waals surface area contributed by atoms with Gasteiger partial charge in [-0.15, -0.1) is 0 Å². The first-order chi connectivity index (χ1) is 10.2. The average molecular weight is 313 g/mol. The smallest absolute Gasteiger partial charge is 0.408 e. The zero-order chi connectivity index (χ0) is 16.5. The Labute approximate surface area is 131 Å². The Morgan fingerprint density at radius 3 is 2.59 bits per heavy atom. The summed E-state index contributed by atoms with van der Waals surface area (Å²) < 4.78 is 10.6. The lowest BCUT2D eigenvalue weighted by Crippen LogP contribution is -2.62. The molecule has 0 aliphatic carbocycles. The lowest BCUT2D eigenvalue weighted by Gasteiger charge is -2.53. The number of amides is 1. The van der Waals surface area contributed by atoms with Crippen molar-refractivity contribution in [3.63, 3.8) is 0 Å². The second kappa shape index (κ2) is 6.07. The second-order valence-electron chi connectivity index (χ2n) is 7.30. The molecule has 6 heteroatoms. The summed E-state index contributed by atoms with van der Waals surface area (Å²) in [5.41, 5.74) is -0.590. The van der Waals surface area contributed by atoms with E-state index >= 15 is 0 Å². The molecule has 0 spiro atoms. The highest BCUT2D eigenvalue weighted by Crippen LogP contribution is 2.53. The molecule has 2 saturated heterocycles. The van der Waals surface area contributed by atoms with Crippen LogP contribution in [0.15, 0.2) is 0 Å². The predicted molar refractivity (Wildman–Crippen MR) is 80.7 cm³/mol. The molecule has 1 N–H and O–H groups in total. The summed E-state index contributed by atoms with van der Waals surface area (Å²) >= 11 is 0. The number of piperidine rings is 1. The molecule has 3 atom stereocenters. The molecule has 2 bridgehead atoms. The lowest BCUT2D eigenvalue weighted by molar-refractivity contribution is -0.154. The summed E-state index contributed by atoms with van der Waals surface area (Å²) in [6.07, 6.45) is 2.07. The van der Waals surface area contributed by atoms with E-state index in [-0.39, 0.29) is 30.1 Å². The first-order valence-electron chi connectivity index (χ1n) is 8.01. The number of fused-ring (bicyclic) bond motifs is 2. The average Bonchev–Trinajstić information content (AvgIpc) is 2.66. The molecule has 2 aliphatic heterocycles. The van der Waals surface area contributed by atoms with E-state index in [0.29, 0.717) is 19.4 Å². The van der Waals surface area contributed by atoms with Crippen LogP contribution >= 0.6 is 0 Å².